The summed E-state index contributed by atoms with van der Waals surface area (Å²) < 4.78 is 2.41. The predicted molar refractivity (Wildman–Crippen MR) is 94.3 cm³/mol. The fourth-order valence-electron chi connectivity index (χ4n) is 2.51. The van der Waals surface area contributed by atoms with Gasteiger partial charge in [-0.15, -0.1) is 0 Å². The highest BCUT2D eigenvalue weighted by atomic mass is 32.1. The third kappa shape index (κ3) is 2.65. The molecule has 24 heavy (non-hydrogen) atoms. The molecule has 4 aromatic rings. The average molecular weight is 336 g/mol. The zero-order valence-corrected chi connectivity index (χ0v) is 13.3. The van der Waals surface area contributed by atoms with Crippen LogP contribution in [0.15, 0.2) is 59.5 Å². The molecule has 2 aromatic carbocycles. The topological polar surface area (TPSA) is 76.9 Å². The van der Waals surface area contributed by atoms with Crippen LogP contribution >= 0.6 is 11.3 Å². The van der Waals surface area contributed by atoms with Gasteiger partial charge in [-0.05, 0) is 24.3 Å². The average Bonchev–Trinajstić information content (AvgIpc) is 2.99. The van der Waals surface area contributed by atoms with E-state index in [0.717, 1.165) is 10.2 Å². The van der Waals surface area contributed by atoms with Crippen LogP contribution in [0.5, 0.6) is 0 Å². The molecule has 0 aliphatic rings. The molecule has 1 N–H and O–H groups in total. The van der Waals surface area contributed by atoms with Gasteiger partial charge in [0.25, 0.3) is 5.56 Å². The van der Waals surface area contributed by atoms with Crippen LogP contribution in [0.2, 0.25) is 0 Å². The molecule has 2 heterocycles. The highest BCUT2D eigenvalue weighted by Crippen LogP contribution is 2.25. The molecule has 118 valence electrons. The van der Waals surface area contributed by atoms with E-state index in [4.69, 9.17) is 0 Å². The fraction of sp³-hybridized carbons (Fsp3) is 0.0588. The number of carbonyl (C=O) groups is 1. The van der Waals surface area contributed by atoms with Crippen molar-refractivity contribution in [1.29, 1.82) is 0 Å². The van der Waals surface area contributed by atoms with Gasteiger partial charge in [0.1, 0.15) is 6.54 Å². The maximum atomic E-state index is 12.3. The van der Waals surface area contributed by atoms with Crippen LogP contribution < -0.4 is 10.9 Å². The molecule has 4 rings (SSSR count). The van der Waals surface area contributed by atoms with Crippen LogP contribution in [0.4, 0.5) is 5.13 Å². The van der Waals surface area contributed by atoms with E-state index in [1.807, 2.05) is 36.4 Å². The minimum atomic E-state index is -0.312. The first-order chi connectivity index (χ1) is 11.7. The third-order valence-electron chi connectivity index (χ3n) is 3.59. The molecule has 0 aliphatic heterocycles. The molecular formula is C17H12N4O2S. The summed E-state index contributed by atoms with van der Waals surface area (Å²) in [4.78, 5) is 32.9. The van der Waals surface area contributed by atoms with E-state index >= 15 is 0 Å². The Bertz CT molecular complexity index is 1080. The molecule has 0 unspecified atom stereocenters. The summed E-state index contributed by atoms with van der Waals surface area (Å²) in [6.45, 7) is -0.0855. The van der Waals surface area contributed by atoms with Gasteiger partial charge in [-0.3, -0.25) is 14.2 Å². The first-order valence-corrected chi connectivity index (χ1v) is 8.12. The number of carbonyl (C=O) groups excluding carboxylic acids is 1. The molecule has 6 nitrogen and oxygen atoms in total. The minimum Gasteiger partial charge on any atom is -0.300 e. The summed E-state index contributed by atoms with van der Waals surface area (Å²) in [5, 5.41) is 3.28. The zero-order valence-electron chi connectivity index (χ0n) is 12.5. The summed E-state index contributed by atoms with van der Waals surface area (Å²) in [6, 6.07) is 14.9. The second kappa shape index (κ2) is 5.86. The normalized spacial score (nSPS) is 11.0. The zero-order chi connectivity index (χ0) is 16.5. The van der Waals surface area contributed by atoms with Crippen molar-refractivity contribution >= 4 is 43.6 Å². The van der Waals surface area contributed by atoms with Crippen molar-refractivity contribution in [2.75, 3.05) is 5.32 Å². The molecule has 0 radical (unpaired) electrons. The lowest BCUT2D eigenvalue weighted by Crippen LogP contribution is -2.27. The smallest absolute Gasteiger partial charge is 0.269 e. The number of amides is 1. The third-order valence-corrected chi connectivity index (χ3v) is 4.55. The van der Waals surface area contributed by atoms with E-state index in [-0.39, 0.29) is 18.0 Å². The summed E-state index contributed by atoms with van der Waals surface area (Å²) in [7, 11) is 0. The highest BCUT2D eigenvalue weighted by Gasteiger charge is 2.11. The number of nitrogens with one attached hydrogen (secondary N) is 1. The van der Waals surface area contributed by atoms with Gasteiger partial charge >= 0.3 is 0 Å². The summed E-state index contributed by atoms with van der Waals surface area (Å²) in [5.74, 6) is -0.299. The van der Waals surface area contributed by atoms with Gasteiger partial charge in [0.2, 0.25) is 5.91 Å². The van der Waals surface area contributed by atoms with Crippen LogP contribution in [0.25, 0.3) is 21.3 Å². The summed E-state index contributed by atoms with van der Waals surface area (Å²) in [5.41, 5.74) is 1.83. The van der Waals surface area contributed by atoms with Gasteiger partial charge in [0.15, 0.2) is 5.13 Å². The van der Waals surface area contributed by atoms with Gasteiger partial charge in [-0.25, -0.2) is 9.97 Å². The number of benzene rings is 2. The lowest BCUT2D eigenvalue weighted by Gasteiger charge is -2.08. The number of aromatic nitrogens is 3. The Morgan fingerprint density at radius 1 is 1.08 bits per heavy atom. The van der Waals surface area contributed by atoms with Crippen molar-refractivity contribution in [3.8, 4) is 0 Å². The SMILES string of the molecule is O=C(Cn1c(=O)cnc2ccccc21)Nc1nc2ccccc2s1. The Morgan fingerprint density at radius 2 is 1.83 bits per heavy atom. The molecule has 0 aliphatic carbocycles. The number of fused-ring (bicyclic) bond motifs is 2. The van der Waals surface area contributed by atoms with Crippen molar-refractivity contribution in [3.63, 3.8) is 0 Å². The van der Waals surface area contributed by atoms with Crippen molar-refractivity contribution in [2.24, 2.45) is 0 Å². The molecule has 7 heteroatoms. The minimum absolute atomic E-state index is 0.0855. The molecule has 0 spiro atoms. The first kappa shape index (κ1) is 14.5. The standard InChI is InChI=1S/C17H12N4O2S/c22-15(20-17-19-12-6-2-4-8-14(12)24-17)10-21-13-7-3-1-5-11(13)18-9-16(21)23/h1-9H,10H2,(H,19,20,22). The van der Waals surface area contributed by atoms with Crippen molar-refractivity contribution < 1.29 is 4.79 Å². The largest absolute Gasteiger partial charge is 0.300 e. The second-order valence-electron chi connectivity index (χ2n) is 5.21. The van der Waals surface area contributed by atoms with Gasteiger partial charge in [-0.1, -0.05) is 35.6 Å². The van der Waals surface area contributed by atoms with E-state index in [2.05, 4.69) is 15.3 Å². The van der Waals surface area contributed by atoms with E-state index in [9.17, 15) is 9.59 Å². The van der Waals surface area contributed by atoms with E-state index in [1.165, 1.54) is 22.1 Å². The van der Waals surface area contributed by atoms with Crippen LogP contribution in [0.1, 0.15) is 0 Å². The van der Waals surface area contributed by atoms with Crippen LogP contribution in [-0.4, -0.2) is 20.4 Å². The van der Waals surface area contributed by atoms with Crippen LogP contribution in [0.3, 0.4) is 0 Å². The van der Waals surface area contributed by atoms with Gasteiger partial charge in [0, 0.05) is 0 Å². The van der Waals surface area contributed by atoms with Crippen molar-refractivity contribution in [1.82, 2.24) is 14.5 Å². The fourth-order valence-corrected chi connectivity index (χ4v) is 3.39. The lowest BCUT2D eigenvalue weighted by atomic mass is 10.3. The molecule has 0 fully saturated rings. The molecule has 1 amide bonds. The number of rotatable bonds is 3. The van der Waals surface area contributed by atoms with E-state index < -0.39 is 0 Å². The summed E-state index contributed by atoms with van der Waals surface area (Å²) >= 11 is 1.40. The van der Waals surface area contributed by atoms with Gasteiger partial charge < -0.3 is 5.32 Å². The number of hydrogen-bond acceptors (Lipinski definition) is 5. The Kier molecular flexibility index (Phi) is 3.55. The van der Waals surface area contributed by atoms with Crippen molar-refractivity contribution in [3.05, 3.63) is 65.1 Å². The number of hydrogen-bond donors (Lipinski definition) is 1. The molecule has 0 bridgehead atoms. The Balaban J connectivity index is 1.62. The predicted octanol–water partition coefficient (Wildman–Crippen LogP) is 2.64. The molecule has 2 aromatic heterocycles. The van der Waals surface area contributed by atoms with Gasteiger partial charge in [-0.2, -0.15) is 0 Å². The first-order valence-electron chi connectivity index (χ1n) is 7.31. The van der Waals surface area contributed by atoms with Crippen LogP contribution in [0, 0.1) is 0 Å². The van der Waals surface area contributed by atoms with E-state index in [0.29, 0.717) is 16.2 Å². The molecule has 0 atom stereocenters. The monoisotopic (exact) mass is 336 g/mol. The maximum absolute atomic E-state index is 12.3. The Morgan fingerprint density at radius 3 is 2.67 bits per heavy atom. The Hall–Kier alpha value is -3.06. The number of para-hydroxylation sites is 3. The summed E-state index contributed by atoms with van der Waals surface area (Å²) in [6.07, 6.45) is 1.23. The molecule has 0 saturated heterocycles. The number of thiazole rings is 1. The molecular weight excluding hydrogens is 324 g/mol. The van der Waals surface area contributed by atoms with Gasteiger partial charge in [0.05, 0.1) is 27.4 Å². The van der Waals surface area contributed by atoms with Crippen LogP contribution in [-0.2, 0) is 11.3 Å². The lowest BCUT2D eigenvalue weighted by molar-refractivity contribution is -0.116. The number of anilines is 1. The molecule has 0 saturated carbocycles. The second-order valence-corrected chi connectivity index (χ2v) is 6.24. The number of nitrogens with zero attached hydrogens (tertiary/aromatic N) is 3. The highest BCUT2D eigenvalue weighted by molar-refractivity contribution is 7.22. The Labute approximate surface area is 140 Å². The maximum Gasteiger partial charge on any atom is 0.269 e. The quantitative estimate of drug-likeness (QED) is 0.624. The van der Waals surface area contributed by atoms with E-state index in [1.54, 1.807) is 12.1 Å². The van der Waals surface area contributed by atoms with Crippen molar-refractivity contribution in [2.45, 2.75) is 6.54 Å².